The molecular formula is C15H21N5OS. The molecule has 0 aliphatic carbocycles. The van der Waals surface area contributed by atoms with Gasteiger partial charge < -0.3 is 14.8 Å². The van der Waals surface area contributed by atoms with Gasteiger partial charge in [-0.1, -0.05) is 6.92 Å². The first-order valence-electron chi connectivity index (χ1n) is 7.64. The molecule has 0 unspecified atom stereocenters. The van der Waals surface area contributed by atoms with Crippen LogP contribution in [0, 0.1) is 0 Å². The Kier molecular flexibility index (Phi) is 4.42. The number of hydrogen-bond acceptors (Lipinski definition) is 4. The highest BCUT2D eigenvalue weighted by atomic mass is 32.1. The van der Waals surface area contributed by atoms with E-state index < -0.39 is 0 Å². The first kappa shape index (κ1) is 15.0. The predicted octanol–water partition coefficient (Wildman–Crippen LogP) is 2.49. The molecule has 118 valence electrons. The fourth-order valence-corrected chi connectivity index (χ4v) is 3.88. The Hall–Kier alpha value is -1.89. The number of hydrogen-bond donors (Lipinski definition) is 1. The van der Waals surface area contributed by atoms with Crippen molar-refractivity contribution in [2.45, 2.75) is 38.8 Å². The highest BCUT2D eigenvalue weighted by Gasteiger charge is 2.32. The van der Waals surface area contributed by atoms with E-state index in [1.165, 1.54) is 10.4 Å². The van der Waals surface area contributed by atoms with Gasteiger partial charge >= 0.3 is 6.03 Å². The van der Waals surface area contributed by atoms with Gasteiger partial charge in [0.1, 0.15) is 6.33 Å². The molecule has 1 saturated heterocycles. The Bertz CT molecular complexity index is 650. The number of aryl methyl sites for hydroxylation is 2. The fourth-order valence-electron chi connectivity index (χ4n) is 2.97. The number of nitrogens with one attached hydrogen (secondary N) is 1. The van der Waals surface area contributed by atoms with Crippen LogP contribution in [-0.2, 0) is 20.0 Å². The molecule has 1 aliphatic rings. The predicted molar refractivity (Wildman–Crippen MR) is 85.6 cm³/mol. The van der Waals surface area contributed by atoms with Crippen LogP contribution in [0.1, 0.15) is 42.1 Å². The SMILES string of the molecule is CCc1ccsc1CNC(=O)N1CCC[C@@H]1c1nncn1C. The lowest BCUT2D eigenvalue weighted by atomic mass is 10.2. The normalized spacial score (nSPS) is 17.9. The number of rotatable bonds is 4. The van der Waals surface area contributed by atoms with E-state index in [0.29, 0.717) is 6.54 Å². The van der Waals surface area contributed by atoms with Crippen molar-refractivity contribution in [2.75, 3.05) is 6.54 Å². The van der Waals surface area contributed by atoms with Crippen LogP contribution in [0.4, 0.5) is 4.79 Å². The van der Waals surface area contributed by atoms with Gasteiger partial charge in [0.05, 0.1) is 12.6 Å². The van der Waals surface area contributed by atoms with Crippen LogP contribution in [0.15, 0.2) is 17.8 Å². The number of amides is 2. The summed E-state index contributed by atoms with van der Waals surface area (Å²) in [5, 5.41) is 13.2. The molecule has 7 heteroatoms. The number of urea groups is 1. The van der Waals surface area contributed by atoms with Gasteiger partial charge in [-0.05, 0) is 36.3 Å². The largest absolute Gasteiger partial charge is 0.333 e. The lowest BCUT2D eigenvalue weighted by Crippen LogP contribution is -2.39. The van der Waals surface area contributed by atoms with Crippen molar-refractivity contribution in [1.82, 2.24) is 25.0 Å². The van der Waals surface area contributed by atoms with Crippen molar-refractivity contribution in [3.63, 3.8) is 0 Å². The average Bonchev–Trinajstić information content (AvgIpc) is 3.24. The van der Waals surface area contributed by atoms with Gasteiger partial charge in [-0.15, -0.1) is 21.5 Å². The smallest absolute Gasteiger partial charge is 0.318 e. The van der Waals surface area contributed by atoms with Crippen LogP contribution < -0.4 is 5.32 Å². The average molecular weight is 319 g/mol. The molecule has 3 heterocycles. The number of nitrogens with zero attached hydrogens (tertiary/aromatic N) is 4. The summed E-state index contributed by atoms with van der Waals surface area (Å²) in [6, 6.07) is 2.15. The van der Waals surface area contributed by atoms with E-state index >= 15 is 0 Å². The first-order chi connectivity index (χ1) is 10.7. The highest BCUT2D eigenvalue weighted by molar-refractivity contribution is 7.10. The standard InChI is InChI=1S/C15H21N5OS/c1-3-11-6-8-22-13(11)9-16-15(21)20-7-4-5-12(20)14-18-17-10-19(14)2/h6,8,10,12H,3-5,7,9H2,1-2H3,(H,16,21)/t12-/m1/s1. The Morgan fingerprint density at radius 2 is 2.41 bits per heavy atom. The zero-order valence-corrected chi connectivity index (χ0v) is 13.8. The van der Waals surface area contributed by atoms with E-state index in [0.717, 1.165) is 31.6 Å². The number of aromatic nitrogens is 3. The van der Waals surface area contributed by atoms with E-state index in [1.807, 2.05) is 16.5 Å². The van der Waals surface area contributed by atoms with E-state index in [2.05, 4.69) is 33.9 Å². The quantitative estimate of drug-likeness (QED) is 0.941. The van der Waals surface area contributed by atoms with Gasteiger partial charge in [-0.25, -0.2) is 4.79 Å². The molecule has 2 aromatic heterocycles. The van der Waals surface area contributed by atoms with Crippen LogP contribution in [-0.4, -0.2) is 32.2 Å². The number of likely N-dealkylation sites (tertiary alicyclic amines) is 1. The molecule has 1 fully saturated rings. The van der Waals surface area contributed by atoms with E-state index in [-0.39, 0.29) is 12.1 Å². The van der Waals surface area contributed by atoms with E-state index in [4.69, 9.17) is 0 Å². The van der Waals surface area contributed by atoms with Gasteiger partial charge in [0.2, 0.25) is 0 Å². The maximum atomic E-state index is 12.5. The molecule has 0 bridgehead atoms. The second-order valence-corrected chi connectivity index (χ2v) is 6.53. The third kappa shape index (κ3) is 2.85. The maximum Gasteiger partial charge on any atom is 0.318 e. The monoisotopic (exact) mass is 319 g/mol. The topological polar surface area (TPSA) is 63.1 Å². The summed E-state index contributed by atoms with van der Waals surface area (Å²) in [4.78, 5) is 15.6. The lowest BCUT2D eigenvalue weighted by molar-refractivity contribution is 0.189. The van der Waals surface area contributed by atoms with Crippen molar-refractivity contribution in [2.24, 2.45) is 7.05 Å². The summed E-state index contributed by atoms with van der Waals surface area (Å²) in [7, 11) is 1.92. The number of carbonyl (C=O) groups excluding carboxylic acids is 1. The second-order valence-electron chi connectivity index (χ2n) is 5.53. The number of carbonyl (C=O) groups is 1. The van der Waals surface area contributed by atoms with Crippen molar-refractivity contribution in [3.8, 4) is 0 Å². The van der Waals surface area contributed by atoms with Crippen LogP contribution in [0.25, 0.3) is 0 Å². The Balaban J connectivity index is 1.65. The third-order valence-corrected chi connectivity index (χ3v) is 5.14. The molecule has 2 amide bonds. The van der Waals surface area contributed by atoms with Gasteiger partial charge in [-0.2, -0.15) is 0 Å². The summed E-state index contributed by atoms with van der Waals surface area (Å²) in [5.41, 5.74) is 1.32. The van der Waals surface area contributed by atoms with Crippen LogP contribution >= 0.6 is 11.3 Å². The minimum Gasteiger partial charge on any atom is -0.333 e. The molecule has 0 aromatic carbocycles. The van der Waals surface area contributed by atoms with E-state index in [1.54, 1.807) is 17.7 Å². The Labute approximate surface area is 134 Å². The van der Waals surface area contributed by atoms with Crippen LogP contribution in [0.2, 0.25) is 0 Å². The van der Waals surface area contributed by atoms with Crippen LogP contribution in [0.5, 0.6) is 0 Å². The van der Waals surface area contributed by atoms with Gasteiger partial charge in [-0.3, -0.25) is 0 Å². The van der Waals surface area contributed by atoms with Gasteiger partial charge in [0, 0.05) is 18.5 Å². The summed E-state index contributed by atoms with van der Waals surface area (Å²) >= 11 is 1.70. The van der Waals surface area contributed by atoms with Crippen LogP contribution in [0.3, 0.4) is 0 Å². The van der Waals surface area contributed by atoms with E-state index in [9.17, 15) is 4.79 Å². The van der Waals surface area contributed by atoms with Gasteiger partial charge in [0.25, 0.3) is 0 Å². The lowest BCUT2D eigenvalue weighted by Gasteiger charge is -2.24. The van der Waals surface area contributed by atoms with Gasteiger partial charge in [0.15, 0.2) is 5.82 Å². The molecular weight excluding hydrogens is 298 g/mol. The molecule has 1 atom stereocenters. The molecule has 0 radical (unpaired) electrons. The molecule has 1 aliphatic heterocycles. The third-order valence-electron chi connectivity index (χ3n) is 4.18. The molecule has 0 spiro atoms. The molecule has 22 heavy (non-hydrogen) atoms. The van der Waals surface area contributed by atoms with Crippen molar-refractivity contribution >= 4 is 17.4 Å². The Morgan fingerprint density at radius 3 is 3.14 bits per heavy atom. The molecule has 0 saturated carbocycles. The zero-order chi connectivity index (χ0) is 15.5. The fraction of sp³-hybridized carbons (Fsp3) is 0.533. The van der Waals surface area contributed by atoms with Crippen molar-refractivity contribution in [1.29, 1.82) is 0 Å². The first-order valence-corrected chi connectivity index (χ1v) is 8.52. The summed E-state index contributed by atoms with van der Waals surface area (Å²) in [5.74, 6) is 0.859. The van der Waals surface area contributed by atoms with Crippen molar-refractivity contribution < 1.29 is 4.79 Å². The zero-order valence-electron chi connectivity index (χ0n) is 13.0. The number of thiophene rings is 1. The minimum absolute atomic E-state index is 0.0130. The molecule has 1 N–H and O–H groups in total. The summed E-state index contributed by atoms with van der Waals surface area (Å²) in [6.45, 7) is 3.51. The minimum atomic E-state index is -0.0130. The maximum absolute atomic E-state index is 12.5. The summed E-state index contributed by atoms with van der Waals surface area (Å²) in [6.07, 6.45) is 4.63. The second kappa shape index (κ2) is 6.48. The highest BCUT2D eigenvalue weighted by Crippen LogP contribution is 2.30. The summed E-state index contributed by atoms with van der Waals surface area (Å²) < 4.78 is 1.89. The Morgan fingerprint density at radius 1 is 1.55 bits per heavy atom. The molecule has 2 aromatic rings. The molecule has 3 rings (SSSR count). The molecule has 6 nitrogen and oxygen atoms in total. The van der Waals surface area contributed by atoms with Crippen molar-refractivity contribution in [3.05, 3.63) is 34.0 Å².